The summed E-state index contributed by atoms with van der Waals surface area (Å²) >= 11 is 0. The molecule has 0 amide bonds. The largest absolute Gasteiger partial charge is 0.493 e. The maximum absolute atomic E-state index is 10.1. The molecule has 1 atom stereocenters. The van der Waals surface area contributed by atoms with E-state index in [4.69, 9.17) is 20.6 Å². The smallest absolute Gasteiger partial charge is 0.161 e. The van der Waals surface area contributed by atoms with Crippen LogP contribution >= 0.6 is 0 Å². The predicted molar refractivity (Wildman–Crippen MR) is 95.3 cm³/mol. The van der Waals surface area contributed by atoms with E-state index in [9.17, 15) is 5.11 Å². The third-order valence-corrected chi connectivity index (χ3v) is 3.44. The Labute approximate surface area is 145 Å². The molecule has 1 aromatic rings. The first-order valence-corrected chi connectivity index (χ1v) is 8.12. The van der Waals surface area contributed by atoms with Crippen LogP contribution < -0.4 is 9.47 Å². The van der Waals surface area contributed by atoms with Crippen LogP contribution in [0.1, 0.15) is 19.4 Å². The second-order valence-corrected chi connectivity index (χ2v) is 6.15. The van der Waals surface area contributed by atoms with Crippen molar-refractivity contribution in [3.63, 3.8) is 0 Å². The number of methoxy groups -OCH3 is 2. The average Bonchev–Trinajstić information content (AvgIpc) is 2.54. The number of hydrogen-bond acceptors (Lipinski definition) is 5. The Kier molecular flexibility index (Phi) is 9.24. The molecular formula is C19H29NO4. The first-order chi connectivity index (χ1) is 11.5. The second kappa shape index (κ2) is 10.9. The molecule has 0 aliphatic rings. The fourth-order valence-electron chi connectivity index (χ4n) is 2.56. The number of ether oxygens (including phenoxy) is 3. The first kappa shape index (κ1) is 20.3. The van der Waals surface area contributed by atoms with Gasteiger partial charge in [-0.15, -0.1) is 6.42 Å². The van der Waals surface area contributed by atoms with E-state index in [1.807, 2.05) is 18.2 Å². The second-order valence-electron chi connectivity index (χ2n) is 6.15. The molecule has 0 fully saturated rings. The van der Waals surface area contributed by atoms with Crippen molar-refractivity contribution in [2.24, 2.45) is 5.92 Å². The molecule has 0 saturated heterocycles. The van der Waals surface area contributed by atoms with Crippen molar-refractivity contribution >= 4 is 0 Å². The highest BCUT2D eigenvalue weighted by Crippen LogP contribution is 2.28. The van der Waals surface area contributed by atoms with Crippen LogP contribution in [0.4, 0.5) is 0 Å². The number of nitrogens with zero attached hydrogens (tertiary/aromatic N) is 1. The minimum absolute atomic E-state index is 0.219. The fraction of sp³-hybridized carbons (Fsp3) is 0.579. The molecule has 0 aromatic heterocycles. The molecule has 0 unspecified atom stereocenters. The molecule has 1 aromatic carbocycles. The zero-order valence-electron chi connectivity index (χ0n) is 15.1. The van der Waals surface area contributed by atoms with Crippen LogP contribution in [0.3, 0.4) is 0 Å². The van der Waals surface area contributed by atoms with E-state index < -0.39 is 6.10 Å². The Morgan fingerprint density at radius 2 is 1.88 bits per heavy atom. The molecule has 24 heavy (non-hydrogen) atoms. The van der Waals surface area contributed by atoms with Crippen molar-refractivity contribution in [1.29, 1.82) is 0 Å². The molecule has 0 spiro atoms. The maximum atomic E-state index is 10.1. The van der Waals surface area contributed by atoms with Crippen molar-refractivity contribution in [3.8, 4) is 23.8 Å². The highest BCUT2D eigenvalue weighted by molar-refractivity contribution is 5.42. The van der Waals surface area contributed by atoms with Gasteiger partial charge in [0.05, 0.1) is 26.9 Å². The lowest BCUT2D eigenvalue weighted by atomic mass is 10.1. The quantitative estimate of drug-likeness (QED) is 0.496. The molecule has 1 rings (SSSR count). The molecule has 5 nitrogen and oxygen atoms in total. The van der Waals surface area contributed by atoms with E-state index >= 15 is 0 Å². The summed E-state index contributed by atoms with van der Waals surface area (Å²) in [7, 11) is 3.25. The molecule has 0 aliphatic carbocycles. The van der Waals surface area contributed by atoms with Crippen LogP contribution in [0.15, 0.2) is 18.2 Å². The molecule has 0 radical (unpaired) electrons. The Morgan fingerprint density at radius 1 is 1.17 bits per heavy atom. The van der Waals surface area contributed by atoms with Gasteiger partial charge in [0.1, 0.15) is 6.61 Å². The summed E-state index contributed by atoms with van der Waals surface area (Å²) in [5.41, 5.74) is 1.10. The summed E-state index contributed by atoms with van der Waals surface area (Å²) in [6.07, 6.45) is 4.57. The number of benzene rings is 1. The minimum Gasteiger partial charge on any atom is -0.493 e. The number of rotatable bonds is 11. The Bertz CT molecular complexity index is 525. The predicted octanol–water partition coefficient (Wildman–Crippen LogP) is 2.17. The molecule has 0 bridgehead atoms. The molecule has 134 valence electrons. The Hall–Kier alpha value is -1.74. The van der Waals surface area contributed by atoms with Gasteiger partial charge >= 0.3 is 0 Å². The Morgan fingerprint density at radius 3 is 2.46 bits per heavy atom. The average molecular weight is 335 g/mol. The van der Waals surface area contributed by atoms with Crippen molar-refractivity contribution < 1.29 is 19.3 Å². The topological polar surface area (TPSA) is 51.2 Å². The maximum Gasteiger partial charge on any atom is 0.161 e. The number of aliphatic hydroxyl groups is 1. The van der Waals surface area contributed by atoms with Crippen LogP contribution in [0.5, 0.6) is 11.5 Å². The molecule has 0 heterocycles. The van der Waals surface area contributed by atoms with Crippen LogP contribution in [0, 0.1) is 18.3 Å². The van der Waals surface area contributed by atoms with Crippen molar-refractivity contribution in [2.75, 3.05) is 40.5 Å². The van der Waals surface area contributed by atoms with Gasteiger partial charge in [-0.05, 0) is 23.6 Å². The Balaban J connectivity index is 2.73. The van der Waals surface area contributed by atoms with Crippen molar-refractivity contribution in [1.82, 2.24) is 4.90 Å². The van der Waals surface area contributed by atoms with E-state index in [0.29, 0.717) is 30.5 Å². The van der Waals surface area contributed by atoms with Crippen LogP contribution in [0.25, 0.3) is 0 Å². The van der Waals surface area contributed by atoms with Crippen LogP contribution in [-0.4, -0.2) is 56.6 Å². The molecule has 0 saturated carbocycles. The van der Waals surface area contributed by atoms with Gasteiger partial charge in [0.25, 0.3) is 0 Å². The lowest BCUT2D eigenvalue weighted by Gasteiger charge is -2.27. The van der Waals surface area contributed by atoms with E-state index in [0.717, 1.165) is 12.1 Å². The third-order valence-electron chi connectivity index (χ3n) is 3.44. The highest BCUT2D eigenvalue weighted by Gasteiger charge is 2.15. The summed E-state index contributed by atoms with van der Waals surface area (Å²) < 4.78 is 15.8. The van der Waals surface area contributed by atoms with Gasteiger partial charge in [-0.3, -0.25) is 4.90 Å². The number of terminal acetylenes is 1. The van der Waals surface area contributed by atoms with Crippen molar-refractivity contribution in [3.05, 3.63) is 23.8 Å². The minimum atomic E-state index is -0.572. The van der Waals surface area contributed by atoms with Crippen LogP contribution in [0.2, 0.25) is 0 Å². The molecule has 0 aliphatic heterocycles. The number of hydrogen-bond donors (Lipinski definition) is 1. The summed E-state index contributed by atoms with van der Waals surface area (Å²) in [5, 5.41) is 10.1. The van der Waals surface area contributed by atoms with E-state index in [-0.39, 0.29) is 13.2 Å². The molecule has 5 heteroatoms. The highest BCUT2D eigenvalue weighted by atomic mass is 16.5. The first-order valence-electron chi connectivity index (χ1n) is 8.12. The molecule has 1 N–H and O–H groups in total. The van der Waals surface area contributed by atoms with Gasteiger partial charge in [0.15, 0.2) is 11.5 Å². The van der Waals surface area contributed by atoms with Gasteiger partial charge in [0.2, 0.25) is 0 Å². The van der Waals surface area contributed by atoms with Gasteiger partial charge in [-0.2, -0.15) is 0 Å². The summed E-state index contributed by atoms with van der Waals surface area (Å²) in [6.45, 7) is 6.88. The zero-order valence-corrected chi connectivity index (χ0v) is 15.1. The van der Waals surface area contributed by atoms with Gasteiger partial charge < -0.3 is 19.3 Å². The summed E-state index contributed by atoms with van der Waals surface area (Å²) in [4.78, 5) is 2.20. The third kappa shape index (κ3) is 7.22. The molecular weight excluding hydrogens is 306 g/mol. The summed E-state index contributed by atoms with van der Waals surface area (Å²) in [6, 6.07) is 5.87. The number of aliphatic hydroxyl groups excluding tert-OH is 1. The normalized spacial score (nSPS) is 12.2. The summed E-state index contributed by atoms with van der Waals surface area (Å²) in [5.74, 6) is 4.30. The van der Waals surface area contributed by atoms with Gasteiger partial charge in [-0.25, -0.2) is 0 Å². The van der Waals surface area contributed by atoms with Gasteiger partial charge in [-0.1, -0.05) is 25.8 Å². The monoisotopic (exact) mass is 335 g/mol. The lowest BCUT2D eigenvalue weighted by Crippen LogP contribution is -2.36. The van der Waals surface area contributed by atoms with Crippen molar-refractivity contribution in [2.45, 2.75) is 26.5 Å². The fourth-order valence-corrected chi connectivity index (χ4v) is 2.56. The van der Waals surface area contributed by atoms with E-state index in [1.165, 1.54) is 0 Å². The SMILES string of the molecule is C#CCOC[C@@H](O)CN(Cc1ccc(OC)c(OC)c1)CC(C)C. The van der Waals surface area contributed by atoms with Gasteiger partial charge in [0, 0.05) is 19.6 Å². The van der Waals surface area contributed by atoms with E-state index in [2.05, 4.69) is 24.7 Å². The lowest BCUT2D eigenvalue weighted by molar-refractivity contribution is 0.0237. The van der Waals surface area contributed by atoms with Crippen LogP contribution in [-0.2, 0) is 11.3 Å². The standard InChI is InChI=1S/C19H29NO4/c1-6-9-24-14-17(21)13-20(11-15(2)3)12-16-7-8-18(22-4)19(10-16)23-5/h1,7-8,10,15,17,21H,9,11-14H2,2-5H3/t17-/m0/s1. The van der Waals surface area contributed by atoms with E-state index in [1.54, 1.807) is 14.2 Å². The zero-order chi connectivity index (χ0) is 17.9.